The van der Waals surface area contributed by atoms with E-state index in [-0.39, 0.29) is 11.2 Å². The summed E-state index contributed by atoms with van der Waals surface area (Å²) in [6.07, 6.45) is 8.91. The van der Waals surface area contributed by atoms with Crippen LogP contribution in [0.4, 0.5) is 4.39 Å². The van der Waals surface area contributed by atoms with Gasteiger partial charge in [-0.15, -0.1) is 0 Å². The molecule has 1 rings (SSSR count). The van der Waals surface area contributed by atoms with Gasteiger partial charge >= 0.3 is 0 Å². The molecule has 0 N–H and O–H groups in total. The topological polar surface area (TPSA) is 0 Å². The monoisotopic (exact) mass is 378 g/mol. The Morgan fingerprint density at radius 3 is 2.11 bits per heavy atom. The van der Waals surface area contributed by atoms with Crippen molar-refractivity contribution in [2.75, 3.05) is 0 Å². The molecule has 0 nitrogen and oxygen atoms in total. The summed E-state index contributed by atoms with van der Waals surface area (Å²) in [6, 6.07) is 5.56. The standard InChI is InChI=1S/C22H35F.2C2H6/c1-7-9-15-22(6,16-11-12-17(3)4)21-19(18(5)8-2)13-10-14-20(21)23;2*1-2/h8,10,13-14,17H,7,9,11-12,15-16H2,1-6H3;2*1-2H3/b18-8+;;. The number of rotatable bonds is 9. The molecule has 1 heteroatoms. The van der Waals surface area contributed by atoms with Crippen LogP contribution in [0.15, 0.2) is 24.3 Å². The SMILES string of the molecule is C/C=C(\C)c1cccc(F)c1C(C)(CCCC)CCCC(C)C.CC.CC. The highest BCUT2D eigenvalue weighted by atomic mass is 19.1. The van der Waals surface area contributed by atoms with E-state index in [1.54, 1.807) is 6.07 Å². The molecule has 27 heavy (non-hydrogen) atoms. The molecule has 0 spiro atoms. The van der Waals surface area contributed by atoms with Crippen LogP contribution in [-0.2, 0) is 5.41 Å². The van der Waals surface area contributed by atoms with Gasteiger partial charge in [0.25, 0.3) is 0 Å². The molecule has 0 fully saturated rings. The first-order valence-electron chi connectivity index (χ1n) is 11.3. The largest absolute Gasteiger partial charge is 0.207 e. The molecule has 1 aromatic carbocycles. The molecule has 0 saturated carbocycles. The molecule has 0 saturated heterocycles. The second-order valence-electron chi connectivity index (χ2n) is 7.58. The molecule has 0 amide bonds. The van der Waals surface area contributed by atoms with Gasteiger partial charge in [0.15, 0.2) is 0 Å². The second-order valence-corrected chi connectivity index (χ2v) is 7.58. The third kappa shape index (κ3) is 9.58. The molecule has 0 aliphatic heterocycles. The van der Waals surface area contributed by atoms with Gasteiger partial charge in [-0.3, -0.25) is 0 Å². The first-order valence-corrected chi connectivity index (χ1v) is 11.3. The molecule has 1 aromatic rings. The summed E-state index contributed by atoms with van der Waals surface area (Å²) in [6.45, 7) is 21.1. The molecule has 0 heterocycles. The van der Waals surface area contributed by atoms with E-state index in [0.717, 1.165) is 36.8 Å². The van der Waals surface area contributed by atoms with Crippen LogP contribution in [0.5, 0.6) is 0 Å². The van der Waals surface area contributed by atoms with Gasteiger partial charge in [-0.25, -0.2) is 4.39 Å². The Labute approximate surface area is 170 Å². The number of hydrogen-bond donors (Lipinski definition) is 0. The van der Waals surface area contributed by atoms with E-state index < -0.39 is 0 Å². The fraction of sp³-hybridized carbons (Fsp3) is 0.692. The van der Waals surface area contributed by atoms with Crippen LogP contribution in [0.2, 0.25) is 0 Å². The molecule has 0 radical (unpaired) electrons. The lowest BCUT2D eigenvalue weighted by Gasteiger charge is -2.33. The van der Waals surface area contributed by atoms with Crippen molar-refractivity contribution < 1.29 is 4.39 Å². The molecular weight excluding hydrogens is 331 g/mol. The number of hydrogen-bond acceptors (Lipinski definition) is 0. The van der Waals surface area contributed by atoms with Crippen molar-refractivity contribution in [1.82, 2.24) is 0 Å². The zero-order chi connectivity index (χ0) is 21.5. The molecule has 0 aliphatic carbocycles. The van der Waals surface area contributed by atoms with Gasteiger partial charge in [0.05, 0.1) is 0 Å². The maximum atomic E-state index is 14.8. The number of halogens is 1. The molecule has 158 valence electrons. The van der Waals surface area contributed by atoms with Crippen molar-refractivity contribution in [2.45, 2.75) is 113 Å². The Kier molecular flexibility index (Phi) is 16.5. The quantitative estimate of drug-likeness (QED) is 0.401. The van der Waals surface area contributed by atoms with Crippen molar-refractivity contribution in [3.8, 4) is 0 Å². The highest BCUT2D eigenvalue weighted by molar-refractivity contribution is 5.67. The molecule has 0 aliphatic rings. The normalized spacial score (nSPS) is 13.3. The summed E-state index contributed by atoms with van der Waals surface area (Å²) < 4.78 is 14.8. The van der Waals surface area contributed by atoms with E-state index in [1.807, 2.05) is 40.7 Å². The lowest BCUT2D eigenvalue weighted by Crippen LogP contribution is -2.25. The van der Waals surface area contributed by atoms with Crippen molar-refractivity contribution in [2.24, 2.45) is 5.92 Å². The first-order chi connectivity index (χ1) is 12.9. The van der Waals surface area contributed by atoms with Crippen LogP contribution in [0.1, 0.15) is 119 Å². The summed E-state index contributed by atoms with van der Waals surface area (Å²) in [5, 5.41) is 0. The third-order valence-electron chi connectivity index (χ3n) is 5.07. The average molecular weight is 379 g/mol. The van der Waals surface area contributed by atoms with Gasteiger partial charge in [-0.1, -0.05) is 99.3 Å². The highest BCUT2D eigenvalue weighted by Gasteiger charge is 2.31. The Morgan fingerprint density at radius 2 is 1.63 bits per heavy atom. The highest BCUT2D eigenvalue weighted by Crippen LogP contribution is 2.40. The van der Waals surface area contributed by atoms with Crippen molar-refractivity contribution in [1.29, 1.82) is 0 Å². The Bertz CT molecular complexity index is 513. The van der Waals surface area contributed by atoms with Gasteiger partial charge < -0.3 is 0 Å². The maximum Gasteiger partial charge on any atom is 0.127 e. The third-order valence-corrected chi connectivity index (χ3v) is 5.07. The predicted octanol–water partition coefficient (Wildman–Crippen LogP) is 9.58. The number of allylic oxidation sites excluding steroid dienone is 2. The van der Waals surface area contributed by atoms with E-state index in [2.05, 4.69) is 46.8 Å². The molecular formula is C26H47F. The van der Waals surface area contributed by atoms with Crippen molar-refractivity contribution in [3.05, 3.63) is 41.2 Å². The van der Waals surface area contributed by atoms with Gasteiger partial charge in [-0.05, 0) is 55.2 Å². The van der Waals surface area contributed by atoms with Crippen LogP contribution in [0, 0.1) is 11.7 Å². The van der Waals surface area contributed by atoms with E-state index in [1.165, 1.54) is 18.4 Å². The Morgan fingerprint density at radius 1 is 1.07 bits per heavy atom. The minimum atomic E-state index is -0.0736. The van der Waals surface area contributed by atoms with Crippen LogP contribution >= 0.6 is 0 Å². The average Bonchev–Trinajstić information content (AvgIpc) is 2.68. The zero-order valence-corrected chi connectivity index (χ0v) is 20.0. The minimum absolute atomic E-state index is 0.0353. The fourth-order valence-corrected chi connectivity index (χ4v) is 3.46. The molecule has 0 aromatic heterocycles. The Hall–Kier alpha value is -1.11. The molecule has 0 bridgehead atoms. The summed E-state index contributed by atoms with van der Waals surface area (Å²) in [4.78, 5) is 0. The van der Waals surface area contributed by atoms with Crippen molar-refractivity contribution >= 4 is 5.57 Å². The fourth-order valence-electron chi connectivity index (χ4n) is 3.46. The summed E-state index contributed by atoms with van der Waals surface area (Å²) >= 11 is 0. The first kappa shape index (κ1) is 28.1. The number of unbranched alkanes of at least 4 members (excludes halogenated alkanes) is 1. The number of benzene rings is 1. The summed E-state index contributed by atoms with van der Waals surface area (Å²) in [5.41, 5.74) is 3.13. The van der Waals surface area contributed by atoms with Gasteiger partial charge in [0.2, 0.25) is 0 Å². The van der Waals surface area contributed by atoms with E-state index in [4.69, 9.17) is 0 Å². The van der Waals surface area contributed by atoms with Crippen LogP contribution < -0.4 is 0 Å². The summed E-state index contributed by atoms with van der Waals surface area (Å²) in [5.74, 6) is 0.676. The van der Waals surface area contributed by atoms with Crippen LogP contribution in [0.3, 0.4) is 0 Å². The minimum Gasteiger partial charge on any atom is -0.207 e. The molecule has 1 atom stereocenters. The van der Waals surface area contributed by atoms with Gasteiger partial charge in [0, 0.05) is 5.56 Å². The smallest absolute Gasteiger partial charge is 0.127 e. The summed E-state index contributed by atoms with van der Waals surface area (Å²) in [7, 11) is 0. The lowest BCUT2D eigenvalue weighted by atomic mass is 9.71. The van der Waals surface area contributed by atoms with E-state index in [9.17, 15) is 4.39 Å². The van der Waals surface area contributed by atoms with Gasteiger partial charge in [-0.2, -0.15) is 0 Å². The van der Waals surface area contributed by atoms with Crippen LogP contribution in [-0.4, -0.2) is 0 Å². The van der Waals surface area contributed by atoms with E-state index in [0.29, 0.717) is 5.92 Å². The van der Waals surface area contributed by atoms with Crippen molar-refractivity contribution in [3.63, 3.8) is 0 Å². The zero-order valence-electron chi connectivity index (χ0n) is 20.0. The van der Waals surface area contributed by atoms with Gasteiger partial charge in [0.1, 0.15) is 5.82 Å². The van der Waals surface area contributed by atoms with Crippen LogP contribution in [0.25, 0.3) is 5.57 Å². The molecule has 1 unspecified atom stereocenters. The maximum absolute atomic E-state index is 14.8. The van der Waals surface area contributed by atoms with E-state index >= 15 is 0 Å². The lowest BCUT2D eigenvalue weighted by molar-refractivity contribution is 0.346. The Balaban J connectivity index is 0. The second kappa shape index (κ2) is 15.9. The predicted molar refractivity (Wildman–Crippen MR) is 124 cm³/mol.